The Morgan fingerprint density at radius 3 is 2.65 bits per heavy atom. The molecular formula is C23H21N3O4S. The minimum atomic E-state index is -0.434. The number of carbonyl (C=O) groups excluding carboxylic acids is 1. The number of ether oxygens (including phenoxy) is 2. The minimum Gasteiger partial charge on any atom is -0.494 e. The van der Waals surface area contributed by atoms with E-state index >= 15 is 0 Å². The van der Waals surface area contributed by atoms with E-state index in [2.05, 4.69) is 17.0 Å². The molecule has 0 N–H and O–H groups in total. The summed E-state index contributed by atoms with van der Waals surface area (Å²) in [6, 6.07) is 14.6. The summed E-state index contributed by atoms with van der Waals surface area (Å²) in [5.41, 5.74) is 1.20. The minimum absolute atomic E-state index is 0.244. The Labute approximate surface area is 182 Å². The number of esters is 1. The number of benzene rings is 2. The van der Waals surface area contributed by atoms with E-state index in [9.17, 15) is 9.59 Å². The van der Waals surface area contributed by atoms with Crippen molar-refractivity contribution in [3.63, 3.8) is 0 Å². The Morgan fingerprint density at radius 1 is 1.16 bits per heavy atom. The van der Waals surface area contributed by atoms with Gasteiger partial charge in [-0.15, -0.1) is 5.10 Å². The van der Waals surface area contributed by atoms with Gasteiger partial charge >= 0.3 is 5.97 Å². The van der Waals surface area contributed by atoms with E-state index in [-0.39, 0.29) is 5.56 Å². The zero-order valence-corrected chi connectivity index (χ0v) is 18.0. The molecule has 0 radical (unpaired) electrons. The number of hydrogen-bond acceptors (Lipinski definition) is 7. The van der Waals surface area contributed by atoms with Crippen molar-refractivity contribution < 1.29 is 14.3 Å². The molecule has 0 amide bonds. The smallest absolute Gasteiger partial charge is 0.308 e. The molecule has 4 rings (SSSR count). The monoisotopic (exact) mass is 435 g/mol. The molecule has 0 aliphatic rings. The number of carbonyl (C=O) groups is 1. The van der Waals surface area contributed by atoms with Crippen molar-refractivity contribution in [2.75, 3.05) is 6.61 Å². The number of aromatic nitrogens is 3. The lowest BCUT2D eigenvalue weighted by Gasteiger charge is -2.05. The topological polar surface area (TPSA) is 82.8 Å². The second-order valence-electron chi connectivity index (χ2n) is 6.91. The molecule has 8 heteroatoms. The highest BCUT2D eigenvalue weighted by atomic mass is 32.1. The van der Waals surface area contributed by atoms with Crippen molar-refractivity contribution in [2.45, 2.75) is 26.7 Å². The van der Waals surface area contributed by atoms with Crippen LogP contribution in [-0.2, 0) is 4.79 Å². The van der Waals surface area contributed by atoms with Crippen LogP contribution in [0, 0.1) is 0 Å². The van der Waals surface area contributed by atoms with Gasteiger partial charge in [0.15, 0.2) is 5.82 Å². The first-order valence-corrected chi connectivity index (χ1v) is 10.8. The van der Waals surface area contributed by atoms with E-state index in [0.29, 0.717) is 33.2 Å². The van der Waals surface area contributed by atoms with Crippen molar-refractivity contribution in [3.8, 4) is 22.9 Å². The molecule has 0 atom stereocenters. The zero-order valence-electron chi connectivity index (χ0n) is 17.2. The van der Waals surface area contributed by atoms with Crippen LogP contribution in [0.3, 0.4) is 0 Å². The number of fused-ring (bicyclic) bond motifs is 1. The first kappa shape index (κ1) is 20.7. The van der Waals surface area contributed by atoms with Gasteiger partial charge in [-0.2, -0.15) is 9.50 Å². The summed E-state index contributed by atoms with van der Waals surface area (Å²) in [6.07, 6.45) is 3.91. The zero-order chi connectivity index (χ0) is 21.8. The van der Waals surface area contributed by atoms with Crippen LogP contribution in [0.2, 0.25) is 0 Å². The highest BCUT2D eigenvalue weighted by Gasteiger charge is 2.16. The van der Waals surface area contributed by atoms with Gasteiger partial charge in [-0.05, 0) is 42.3 Å². The van der Waals surface area contributed by atoms with Crippen LogP contribution < -0.4 is 19.6 Å². The Balaban J connectivity index is 1.63. The molecule has 2 aromatic carbocycles. The van der Waals surface area contributed by atoms with Gasteiger partial charge < -0.3 is 9.47 Å². The first-order chi connectivity index (χ1) is 15.0. The lowest BCUT2D eigenvalue weighted by atomic mass is 10.2. The normalized spacial score (nSPS) is 11.7. The fourth-order valence-electron chi connectivity index (χ4n) is 2.99. The maximum absolute atomic E-state index is 12.8. The van der Waals surface area contributed by atoms with Gasteiger partial charge in [0.2, 0.25) is 4.96 Å². The Kier molecular flexibility index (Phi) is 6.08. The largest absolute Gasteiger partial charge is 0.494 e. The molecule has 0 saturated carbocycles. The van der Waals surface area contributed by atoms with E-state index in [4.69, 9.17) is 9.47 Å². The average Bonchev–Trinajstić information content (AvgIpc) is 3.29. The predicted molar refractivity (Wildman–Crippen MR) is 120 cm³/mol. The molecule has 31 heavy (non-hydrogen) atoms. The number of nitrogens with zero attached hydrogens (tertiary/aromatic N) is 3. The van der Waals surface area contributed by atoms with E-state index in [1.54, 1.807) is 24.3 Å². The molecular weight excluding hydrogens is 414 g/mol. The second-order valence-corrected chi connectivity index (χ2v) is 7.92. The Hall–Kier alpha value is -3.52. The van der Waals surface area contributed by atoms with Gasteiger partial charge in [0.1, 0.15) is 11.5 Å². The van der Waals surface area contributed by atoms with E-state index in [1.807, 2.05) is 30.3 Å². The number of rotatable bonds is 7. The summed E-state index contributed by atoms with van der Waals surface area (Å²) >= 11 is 1.26. The molecule has 0 fully saturated rings. The predicted octanol–water partition coefficient (Wildman–Crippen LogP) is 3.47. The van der Waals surface area contributed by atoms with Crippen LogP contribution in [0.4, 0.5) is 0 Å². The van der Waals surface area contributed by atoms with Crippen molar-refractivity contribution in [3.05, 3.63) is 69.0 Å². The van der Waals surface area contributed by atoms with Gasteiger partial charge in [-0.25, -0.2) is 0 Å². The summed E-state index contributed by atoms with van der Waals surface area (Å²) in [5.74, 6) is 1.07. The third-order valence-electron chi connectivity index (χ3n) is 4.51. The summed E-state index contributed by atoms with van der Waals surface area (Å²) in [7, 11) is 0. The maximum atomic E-state index is 12.8. The van der Waals surface area contributed by atoms with Crippen molar-refractivity contribution in [2.24, 2.45) is 0 Å². The molecule has 4 aromatic rings. The Morgan fingerprint density at radius 2 is 1.94 bits per heavy atom. The van der Waals surface area contributed by atoms with Gasteiger partial charge in [0.25, 0.3) is 5.56 Å². The van der Waals surface area contributed by atoms with Crippen LogP contribution in [0.15, 0.2) is 53.3 Å². The van der Waals surface area contributed by atoms with Crippen molar-refractivity contribution in [1.29, 1.82) is 0 Å². The fraction of sp³-hybridized carbons (Fsp3) is 0.217. The van der Waals surface area contributed by atoms with E-state index < -0.39 is 5.97 Å². The van der Waals surface area contributed by atoms with Gasteiger partial charge in [0.05, 0.1) is 16.7 Å². The van der Waals surface area contributed by atoms with E-state index in [1.165, 1.54) is 22.8 Å². The number of para-hydroxylation sites is 1. The second kappa shape index (κ2) is 9.09. The van der Waals surface area contributed by atoms with Crippen molar-refractivity contribution >= 4 is 28.3 Å². The average molecular weight is 436 g/mol. The highest BCUT2D eigenvalue weighted by Crippen LogP contribution is 2.27. The van der Waals surface area contributed by atoms with Crippen LogP contribution in [0.25, 0.3) is 22.4 Å². The molecule has 2 aromatic heterocycles. The summed E-state index contributed by atoms with van der Waals surface area (Å²) < 4.78 is 12.7. The maximum Gasteiger partial charge on any atom is 0.308 e. The summed E-state index contributed by atoms with van der Waals surface area (Å²) in [4.78, 5) is 29.1. The first-order valence-electron chi connectivity index (χ1n) is 9.97. The van der Waals surface area contributed by atoms with Crippen molar-refractivity contribution in [1.82, 2.24) is 14.6 Å². The number of thiazole rings is 1. The van der Waals surface area contributed by atoms with Crippen LogP contribution in [0.1, 0.15) is 32.3 Å². The number of unbranched alkanes of at least 4 members (excludes halogenated alkanes) is 1. The third kappa shape index (κ3) is 4.64. The molecule has 0 spiro atoms. The van der Waals surface area contributed by atoms with Crippen LogP contribution >= 0.6 is 11.3 Å². The number of hydrogen-bond donors (Lipinski definition) is 0. The molecule has 0 unspecified atom stereocenters. The molecule has 0 aliphatic carbocycles. The SMILES string of the molecule is CCCCOc1ccc(/C=c2\sc3nc(-c4ccccc4OC(C)=O)nn3c2=O)cc1. The summed E-state index contributed by atoms with van der Waals surface area (Å²) in [6.45, 7) is 4.15. The quantitative estimate of drug-likeness (QED) is 0.251. The third-order valence-corrected chi connectivity index (χ3v) is 5.47. The Bertz CT molecular complexity index is 1330. The summed E-state index contributed by atoms with van der Waals surface area (Å²) in [5, 5.41) is 4.34. The fourth-order valence-corrected chi connectivity index (χ4v) is 3.90. The van der Waals surface area contributed by atoms with Gasteiger partial charge in [0, 0.05) is 6.92 Å². The van der Waals surface area contributed by atoms with Crippen LogP contribution in [0.5, 0.6) is 11.5 Å². The molecule has 0 saturated heterocycles. The highest BCUT2D eigenvalue weighted by molar-refractivity contribution is 7.15. The lowest BCUT2D eigenvalue weighted by molar-refractivity contribution is -0.131. The van der Waals surface area contributed by atoms with Crippen LogP contribution in [-0.4, -0.2) is 27.2 Å². The molecule has 7 nitrogen and oxygen atoms in total. The standard InChI is InChI=1S/C23H21N3O4S/c1-3-4-13-29-17-11-9-16(10-12-17)14-20-22(28)26-23(31-20)24-21(25-26)18-7-5-6-8-19(18)30-15(2)27/h5-12,14H,3-4,13H2,1-2H3/b20-14-. The molecule has 2 heterocycles. The lowest BCUT2D eigenvalue weighted by Crippen LogP contribution is -2.23. The van der Waals surface area contributed by atoms with Gasteiger partial charge in [-0.1, -0.05) is 48.9 Å². The molecule has 0 bridgehead atoms. The van der Waals surface area contributed by atoms with E-state index in [0.717, 1.165) is 24.2 Å². The molecule has 158 valence electrons. The molecule has 0 aliphatic heterocycles. The van der Waals surface area contributed by atoms with Gasteiger partial charge in [-0.3, -0.25) is 9.59 Å².